The van der Waals surface area contributed by atoms with Crippen LogP contribution in [0, 0.1) is 12.8 Å². The third-order valence-corrected chi connectivity index (χ3v) is 10.1. The summed E-state index contributed by atoms with van der Waals surface area (Å²) in [7, 11) is -1.86. The molecule has 3 atom stereocenters. The third-order valence-electron chi connectivity index (χ3n) is 8.23. The van der Waals surface area contributed by atoms with Crippen molar-refractivity contribution in [3.63, 3.8) is 0 Å². The number of sulfonamides is 1. The van der Waals surface area contributed by atoms with Crippen LogP contribution in [0.25, 0.3) is 5.69 Å². The molecule has 2 aromatic heterocycles. The molecule has 0 bridgehead atoms. The third kappa shape index (κ3) is 4.75. The molecule has 208 valence electrons. The van der Waals surface area contributed by atoms with Crippen molar-refractivity contribution < 1.29 is 18.3 Å². The van der Waals surface area contributed by atoms with E-state index < -0.39 is 16.0 Å². The predicted octanol–water partition coefficient (Wildman–Crippen LogP) is 4.66. The van der Waals surface area contributed by atoms with Gasteiger partial charge < -0.3 is 9.67 Å². The summed E-state index contributed by atoms with van der Waals surface area (Å²) in [5.41, 5.74) is 5.48. The topological polar surface area (TPSA) is 110 Å². The maximum atomic E-state index is 13.8. The Labute approximate surface area is 234 Å². The Bertz CT molecular complexity index is 1710. The van der Waals surface area contributed by atoms with Gasteiger partial charge in [0.15, 0.2) is 0 Å². The smallest absolute Gasteiger partial charge is 0.337 e. The molecule has 0 spiro atoms. The van der Waals surface area contributed by atoms with Crippen molar-refractivity contribution in [2.24, 2.45) is 13.0 Å². The summed E-state index contributed by atoms with van der Waals surface area (Å²) in [4.78, 5) is 12.5. The number of carboxylic acid groups (broad SMARTS) is 1. The van der Waals surface area contributed by atoms with Crippen LogP contribution in [0.4, 0.5) is 0 Å². The minimum absolute atomic E-state index is 0.0118. The monoisotopic (exact) mass is 559 g/mol. The molecule has 1 saturated carbocycles. The Morgan fingerprint density at radius 3 is 2.67 bits per heavy atom. The molecule has 1 unspecified atom stereocenters. The Morgan fingerprint density at radius 1 is 1.12 bits per heavy atom. The van der Waals surface area contributed by atoms with Gasteiger partial charge in [0.2, 0.25) is 10.0 Å². The standard InChI is InChI=1S/C30H33N5O4S/c1-4-20-13-22-12-19(2)8-9-28(22)40(38,39)34(16-20)17-21-6-5-7-23(14-21)35-11-10-24(30(36)37)29(35)26-15-25(26)27-18-33(3)32-31-27/h5-12,14,18,20,25-26H,4,13,15-17H2,1-3H3,(H,36,37)/t20-,25+,26?/m0/s1. The number of aromatic carboxylic acids is 1. The molecule has 2 aliphatic rings. The van der Waals surface area contributed by atoms with Gasteiger partial charge >= 0.3 is 5.97 Å². The first-order valence-electron chi connectivity index (χ1n) is 13.7. The second kappa shape index (κ2) is 10.0. The van der Waals surface area contributed by atoms with Gasteiger partial charge in [-0.15, -0.1) is 5.10 Å². The van der Waals surface area contributed by atoms with E-state index in [0.29, 0.717) is 11.4 Å². The molecule has 3 heterocycles. The van der Waals surface area contributed by atoms with Crippen molar-refractivity contribution in [3.05, 3.63) is 94.6 Å². The van der Waals surface area contributed by atoms with E-state index in [-0.39, 0.29) is 29.9 Å². The van der Waals surface area contributed by atoms with Crippen LogP contribution < -0.4 is 0 Å². The zero-order valence-corrected chi connectivity index (χ0v) is 23.7. The fourth-order valence-corrected chi connectivity index (χ4v) is 7.76. The number of carbonyl (C=O) groups is 1. The molecule has 0 saturated heterocycles. The highest BCUT2D eigenvalue weighted by atomic mass is 32.2. The minimum atomic E-state index is -3.68. The zero-order valence-electron chi connectivity index (χ0n) is 22.9. The van der Waals surface area contributed by atoms with Crippen LogP contribution in [0.2, 0.25) is 0 Å². The van der Waals surface area contributed by atoms with E-state index in [0.717, 1.165) is 53.0 Å². The van der Waals surface area contributed by atoms with E-state index in [4.69, 9.17) is 0 Å². The van der Waals surface area contributed by atoms with Gasteiger partial charge in [-0.25, -0.2) is 13.2 Å². The highest BCUT2D eigenvalue weighted by Crippen LogP contribution is 2.55. The molecule has 1 fully saturated rings. The highest BCUT2D eigenvalue weighted by molar-refractivity contribution is 7.89. The Kier molecular flexibility index (Phi) is 6.62. The molecule has 1 aliphatic heterocycles. The molecule has 10 heteroatoms. The van der Waals surface area contributed by atoms with Gasteiger partial charge in [0.25, 0.3) is 0 Å². The average Bonchev–Trinajstić information content (AvgIpc) is 3.39. The molecular formula is C30H33N5O4S. The fourth-order valence-electron chi connectivity index (χ4n) is 6.04. The number of benzene rings is 2. The summed E-state index contributed by atoms with van der Waals surface area (Å²) in [5.74, 6) is -0.619. The van der Waals surface area contributed by atoms with Gasteiger partial charge in [0.05, 0.1) is 16.2 Å². The Morgan fingerprint density at radius 2 is 1.95 bits per heavy atom. The molecule has 0 radical (unpaired) electrons. The van der Waals surface area contributed by atoms with E-state index in [1.165, 1.54) is 0 Å². The molecule has 40 heavy (non-hydrogen) atoms. The minimum Gasteiger partial charge on any atom is -0.478 e. The number of rotatable bonds is 7. The SMILES string of the molecule is CC[C@H]1Cc2cc(C)ccc2S(=O)(=O)N(Cc2cccc(-n3ccc(C(=O)O)c3C3C[C@H]3c3cn(C)nn3)c2)C1. The lowest BCUT2D eigenvalue weighted by atomic mass is 9.96. The molecule has 9 nitrogen and oxygen atoms in total. The second-order valence-electron chi connectivity index (χ2n) is 11.1. The number of hydrogen-bond donors (Lipinski definition) is 1. The quantitative estimate of drug-likeness (QED) is 0.353. The van der Waals surface area contributed by atoms with E-state index in [1.807, 2.05) is 61.1 Å². The Hall–Kier alpha value is -3.76. The van der Waals surface area contributed by atoms with E-state index in [9.17, 15) is 18.3 Å². The van der Waals surface area contributed by atoms with Gasteiger partial charge in [-0.05, 0) is 61.1 Å². The second-order valence-corrected chi connectivity index (χ2v) is 13.0. The first-order valence-corrected chi connectivity index (χ1v) is 15.1. The number of aromatic nitrogens is 4. The summed E-state index contributed by atoms with van der Waals surface area (Å²) in [6, 6.07) is 15.0. The van der Waals surface area contributed by atoms with Crippen molar-refractivity contribution in [1.29, 1.82) is 0 Å². The first-order chi connectivity index (χ1) is 19.2. The summed E-state index contributed by atoms with van der Waals surface area (Å²) in [5, 5.41) is 18.2. The summed E-state index contributed by atoms with van der Waals surface area (Å²) >= 11 is 0. The lowest BCUT2D eigenvalue weighted by Crippen LogP contribution is -2.33. The molecule has 1 N–H and O–H groups in total. The largest absolute Gasteiger partial charge is 0.478 e. The van der Waals surface area contributed by atoms with Crippen LogP contribution >= 0.6 is 0 Å². The lowest BCUT2D eigenvalue weighted by Gasteiger charge is -2.23. The lowest BCUT2D eigenvalue weighted by molar-refractivity contribution is 0.0695. The molecule has 4 aromatic rings. The Balaban J connectivity index is 1.33. The summed E-state index contributed by atoms with van der Waals surface area (Å²) in [6.45, 7) is 4.80. The van der Waals surface area contributed by atoms with Crippen molar-refractivity contribution in [1.82, 2.24) is 23.9 Å². The van der Waals surface area contributed by atoms with Crippen molar-refractivity contribution >= 4 is 16.0 Å². The predicted molar refractivity (Wildman–Crippen MR) is 150 cm³/mol. The first kappa shape index (κ1) is 26.5. The maximum Gasteiger partial charge on any atom is 0.337 e. The van der Waals surface area contributed by atoms with Crippen LogP contribution in [0.1, 0.15) is 70.0 Å². The number of carboxylic acids is 1. The van der Waals surface area contributed by atoms with Crippen LogP contribution in [-0.4, -0.2) is 49.9 Å². The van der Waals surface area contributed by atoms with Crippen LogP contribution in [0.5, 0.6) is 0 Å². The maximum absolute atomic E-state index is 13.8. The zero-order chi connectivity index (χ0) is 28.2. The summed E-state index contributed by atoms with van der Waals surface area (Å²) < 4.78 is 32.8. The van der Waals surface area contributed by atoms with Crippen molar-refractivity contribution in [2.45, 2.75) is 56.4 Å². The van der Waals surface area contributed by atoms with Crippen LogP contribution in [0.3, 0.4) is 0 Å². The fraction of sp³-hybridized carbons (Fsp3) is 0.367. The molecule has 1 aliphatic carbocycles. The molecule has 2 aromatic carbocycles. The van der Waals surface area contributed by atoms with Gasteiger partial charge in [-0.2, -0.15) is 4.31 Å². The highest BCUT2D eigenvalue weighted by Gasteiger charge is 2.45. The van der Waals surface area contributed by atoms with Crippen LogP contribution in [0.15, 0.2) is 65.8 Å². The number of fused-ring (bicyclic) bond motifs is 1. The van der Waals surface area contributed by atoms with Crippen molar-refractivity contribution in [2.75, 3.05) is 6.54 Å². The van der Waals surface area contributed by atoms with Gasteiger partial charge in [0.1, 0.15) is 0 Å². The van der Waals surface area contributed by atoms with Crippen molar-refractivity contribution in [3.8, 4) is 5.69 Å². The number of aryl methyl sites for hydroxylation is 2. The average molecular weight is 560 g/mol. The summed E-state index contributed by atoms with van der Waals surface area (Å²) in [6.07, 6.45) is 6.09. The normalized spacial score (nSPS) is 22.0. The van der Waals surface area contributed by atoms with E-state index in [2.05, 4.69) is 17.2 Å². The number of nitrogens with zero attached hydrogens (tertiary/aromatic N) is 5. The van der Waals surface area contributed by atoms with Gasteiger partial charge in [-0.1, -0.05) is 48.4 Å². The molecule has 0 amide bonds. The van der Waals surface area contributed by atoms with Gasteiger partial charge in [0, 0.05) is 55.7 Å². The molecule has 6 rings (SSSR count). The van der Waals surface area contributed by atoms with E-state index in [1.54, 1.807) is 27.3 Å². The molecular weight excluding hydrogens is 526 g/mol. The van der Waals surface area contributed by atoms with Gasteiger partial charge in [-0.3, -0.25) is 4.68 Å². The van der Waals surface area contributed by atoms with E-state index >= 15 is 0 Å². The number of hydrogen-bond acceptors (Lipinski definition) is 5. The van der Waals surface area contributed by atoms with Crippen LogP contribution in [-0.2, 0) is 30.0 Å².